The van der Waals surface area contributed by atoms with Gasteiger partial charge in [0.05, 0.1) is 0 Å². The van der Waals surface area contributed by atoms with Crippen molar-refractivity contribution in [3.05, 3.63) is 12.0 Å². The van der Waals surface area contributed by atoms with E-state index in [1.807, 2.05) is 0 Å². The fraction of sp³-hybridized carbons (Fsp3) is 0. The largest absolute Gasteiger partial charge is 0.364 e. The highest BCUT2D eigenvalue weighted by Gasteiger charge is 2.09. The molecule has 62 valence electrons. The first-order valence-electron chi connectivity index (χ1n) is 2.93. The van der Waals surface area contributed by atoms with Gasteiger partial charge in [-0.2, -0.15) is 0 Å². The van der Waals surface area contributed by atoms with E-state index in [0.717, 1.165) is 6.33 Å². The predicted molar refractivity (Wildman–Crippen MR) is 38.0 cm³/mol. The van der Waals surface area contributed by atoms with Gasteiger partial charge in [-0.15, -0.1) is 10.2 Å². The van der Waals surface area contributed by atoms with Gasteiger partial charge in [0.15, 0.2) is 11.5 Å². The fourth-order valence-electron chi connectivity index (χ4n) is 0.609. The van der Waals surface area contributed by atoms with Gasteiger partial charge in [0.25, 0.3) is 5.91 Å². The number of nitrogens with two attached hydrogens (primary N) is 1. The normalized spacial score (nSPS) is 9.00. The van der Waals surface area contributed by atoms with Gasteiger partial charge in [0.1, 0.15) is 6.33 Å². The lowest BCUT2D eigenvalue weighted by Crippen LogP contribution is -2.17. The summed E-state index contributed by atoms with van der Waals surface area (Å²) in [5.41, 5.74) is 4.81. The summed E-state index contributed by atoms with van der Waals surface area (Å²) >= 11 is 0. The van der Waals surface area contributed by atoms with Gasteiger partial charge in [-0.3, -0.25) is 9.59 Å². The third-order valence-corrected chi connectivity index (χ3v) is 1.05. The molecule has 0 saturated carbocycles. The molecule has 0 aliphatic carbocycles. The Labute approximate surface area is 67.0 Å². The molecule has 0 aliphatic rings. The fourth-order valence-corrected chi connectivity index (χ4v) is 0.609. The Hall–Kier alpha value is -2.05. The van der Waals surface area contributed by atoms with Crippen LogP contribution in [0.2, 0.25) is 0 Å². The lowest BCUT2D eigenvalue weighted by molar-refractivity contribution is -0.105. The molecule has 0 aliphatic heterocycles. The van der Waals surface area contributed by atoms with Crippen LogP contribution in [0.4, 0.5) is 5.82 Å². The van der Waals surface area contributed by atoms with Crippen LogP contribution in [0.5, 0.6) is 0 Å². The van der Waals surface area contributed by atoms with Crippen LogP contribution in [0.15, 0.2) is 6.33 Å². The third-order valence-electron chi connectivity index (χ3n) is 1.05. The molecule has 0 saturated heterocycles. The quantitative estimate of drug-likeness (QED) is 0.534. The summed E-state index contributed by atoms with van der Waals surface area (Å²) in [6.07, 6.45) is 1.42. The molecule has 7 heteroatoms. The van der Waals surface area contributed by atoms with E-state index in [-0.39, 0.29) is 11.5 Å². The second kappa shape index (κ2) is 3.37. The highest BCUT2D eigenvalue weighted by Crippen LogP contribution is 2.03. The van der Waals surface area contributed by atoms with Crippen molar-refractivity contribution in [1.29, 1.82) is 0 Å². The number of hydrogen-bond acceptors (Lipinski definition) is 5. The van der Waals surface area contributed by atoms with Crippen LogP contribution in [0.3, 0.4) is 0 Å². The number of aromatic nitrogens is 3. The van der Waals surface area contributed by atoms with E-state index in [9.17, 15) is 9.59 Å². The van der Waals surface area contributed by atoms with E-state index in [4.69, 9.17) is 5.73 Å². The van der Waals surface area contributed by atoms with Gasteiger partial charge in [-0.25, -0.2) is 4.98 Å². The molecule has 0 fully saturated rings. The van der Waals surface area contributed by atoms with Crippen LogP contribution in [-0.2, 0) is 4.79 Å². The van der Waals surface area contributed by atoms with E-state index >= 15 is 0 Å². The van der Waals surface area contributed by atoms with Crippen molar-refractivity contribution in [2.75, 3.05) is 5.32 Å². The van der Waals surface area contributed by atoms with E-state index in [1.165, 1.54) is 0 Å². The van der Waals surface area contributed by atoms with Gasteiger partial charge < -0.3 is 11.1 Å². The number of carbonyl (C=O) groups excluding carboxylic acids is 2. The van der Waals surface area contributed by atoms with Crippen molar-refractivity contribution in [3.8, 4) is 0 Å². The maximum absolute atomic E-state index is 10.6. The first-order valence-corrected chi connectivity index (χ1v) is 2.93. The van der Waals surface area contributed by atoms with Gasteiger partial charge >= 0.3 is 0 Å². The second-order valence-electron chi connectivity index (χ2n) is 1.78. The molecule has 2 amide bonds. The minimum absolute atomic E-state index is 0.0417. The third kappa shape index (κ3) is 1.51. The molecular formula is C5H5N5O2. The molecule has 0 atom stereocenters. The van der Waals surface area contributed by atoms with Crippen LogP contribution in [-0.4, -0.2) is 27.5 Å². The molecule has 1 heterocycles. The highest BCUT2D eigenvalue weighted by atomic mass is 16.1. The molecule has 7 nitrogen and oxygen atoms in total. The molecule has 1 aromatic rings. The Kier molecular flexibility index (Phi) is 2.26. The van der Waals surface area contributed by atoms with Gasteiger partial charge in [0, 0.05) is 0 Å². The predicted octanol–water partition coefficient (Wildman–Crippen LogP) is -1.46. The van der Waals surface area contributed by atoms with Crippen LogP contribution in [0.25, 0.3) is 0 Å². The number of carbonyl (C=O) groups is 2. The SMILES string of the molecule is NC(=O)c1ncnnc1NC=O. The Morgan fingerprint density at radius 3 is 3.00 bits per heavy atom. The van der Waals surface area contributed by atoms with E-state index in [2.05, 4.69) is 20.5 Å². The molecule has 3 N–H and O–H groups in total. The zero-order valence-corrected chi connectivity index (χ0v) is 5.89. The summed E-state index contributed by atoms with van der Waals surface area (Å²) in [4.78, 5) is 24.2. The van der Waals surface area contributed by atoms with Crippen LogP contribution in [0, 0.1) is 0 Å². The van der Waals surface area contributed by atoms with Crippen molar-refractivity contribution in [2.24, 2.45) is 5.73 Å². The molecular weight excluding hydrogens is 162 g/mol. The number of nitrogens with zero attached hydrogens (tertiary/aromatic N) is 3. The standard InChI is InChI=1S/C5H5N5O2/c6-4(12)3-5(8-2-11)10-9-1-7-3/h1-2H,(H2,6,12)(H,8,10,11). The van der Waals surface area contributed by atoms with Crippen molar-refractivity contribution in [2.45, 2.75) is 0 Å². The summed E-state index contributed by atoms with van der Waals surface area (Å²) in [6, 6.07) is 0. The summed E-state index contributed by atoms with van der Waals surface area (Å²) < 4.78 is 0. The average molecular weight is 167 g/mol. The van der Waals surface area contributed by atoms with Crippen LogP contribution >= 0.6 is 0 Å². The summed E-state index contributed by atoms with van der Waals surface area (Å²) in [6.45, 7) is 0. The van der Waals surface area contributed by atoms with Crippen molar-refractivity contribution in [3.63, 3.8) is 0 Å². The molecule has 1 aromatic heterocycles. The van der Waals surface area contributed by atoms with E-state index < -0.39 is 5.91 Å². The average Bonchev–Trinajstić information content (AvgIpc) is 2.05. The molecule has 1 rings (SSSR count). The van der Waals surface area contributed by atoms with Crippen molar-refractivity contribution in [1.82, 2.24) is 15.2 Å². The molecule has 0 aromatic carbocycles. The molecule has 12 heavy (non-hydrogen) atoms. The zero-order valence-electron chi connectivity index (χ0n) is 5.89. The van der Waals surface area contributed by atoms with E-state index in [0.29, 0.717) is 6.41 Å². The Balaban J connectivity index is 3.07. The van der Waals surface area contributed by atoms with Gasteiger partial charge in [-0.1, -0.05) is 0 Å². The minimum atomic E-state index is -0.769. The molecule has 0 spiro atoms. The topological polar surface area (TPSA) is 111 Å². The number of nitrogens with one attached hydrogen (secondary N) is 1. The monoisotopic (exact) mass is 167 g/mol. The molecule has 0 bridgehead atoms. The number of amides is 2. The highest BCUT2D eigenvalue weighted by molar-refractivity contribution is 5.96. The summed E-state index contributed by atoms with van der Waals surface area (Å²) in [7, 11) is 0. The minimum Gasteiger partial charge on any atom is -0.364 e. The second-order valence-corrected chi connectivity index (χ2v) is 1.78. The first-order chi connectivity index (χ1) is 5.75. The maximum Gasteiger partial charge on any atom is 0.271 e. The lowest BCUT2D eigenvalue weighted by atomic mass is 10.4. The van der Waals surface area contributed by atoms with Gasteiger partial charge in [0.2, 0.25) is 6.41 Å². The van der Waals surface area contributed by atoms with Crippen molar-refractivity contribution >= 4 is 18.1 Å². The Morgan fingerprint density at radius 2 is 2.42 bits per heavy atom. The first kappa shape index (κ1) is 8.05. The molecule has 0 radical (unpaired) electrons. The number of rotatable bonds is 3. The van der Waals surface area contributed by atoms with Crippen molar-refractivity contribution < 1.29 is 9.59 Å². The number of anilines is 1. The van der Waals surface area contributed by atoms with Crippen LogP contribution in [0.1, 0.15) is 10.5 Å². The smallest absolute Gasteiger partial charge is 0.271 e. The lowest BCUT2D eigenvalue weighted by Gasteiger charge is -1.98. The maximum atomic E-state index is 10.6. The number of primary amides is 1. The number of hydrogen-bond donors (Lipinski definition) is 2. The Morgan fingerprint density at radius 1 is 1.67 bits per heavy atom. The Bertz CT molecular complexity index is 312. The van der Waals surface area contributed by atoms with E-state index in [1.54, 1.807) is 0 Å². The summed E-state index contributed by atoms with van der Waals surface area (Å²) in [5.74, 6) is -0.811. The zero-order chi connectivity index (χ0) is 8.97. The summed E-state index contributed by atoms with van der Waals surface area (Å²) in [5, 5.41) is 8.93. The van der Waals surface area contributed by atoms with Crippen LogP contribution < -0.4 is 11.1 Å². The van der Waals surface area contributed by atoms with Gasteiger partial charge in [-0.05, 0) is 0 Å². The molecule has 0 unspecified atom stereocenters.